The van der Waals surface area contributed by atoms with Crippen LogP contribution in [0.4, 0.5) is 0 Å². The number of phosphoric ester groups is 1. The smallest absolute Gasteiger partial charge is 0.462 e. The molecule has 0 aromatic heterocycles. The van der Waals surface area contributed by atoms with E-state index in [-0.39, 0.29) is 19.4 Å². The Hall–Kier alpha value is -2.07. The van der Waals surface area contributed by atoms with Crippen molar-refractivity contribution in [1.29, 1.82) is 0 Å². The summed E-state index contributed by atoms with van der Waals surface area (Å²) in [5.74, 6) is -0.958. The minimum Gasteiger partial charge on any atom is -0.462 e. The number of carbonyl (C=O) groups is 2. The molecule has 0 heterocycles. The summed E-state index contributed by atoms with van der Waals surface area (Å²) in [6, 6.07) is 0. The second-order valence-electron chi connectivity index (χ2n) is 14.7. The van der Waals surface area contributed by atoms with Gasteiger partial charge in [0.1, 0.15) is 12.7 Å². The Morgan fingerprint density at radius 2 is 0.929 bits per heavy atom. The van der Waals surface area contributed by atoms with Crippen LogP contribution in [0.3, 0.4) is 0 Å². The fourth-order valence-electron chi connectivity index (χ4n) is 5.80. The molecular weight excluding hydrogens is 731 g/mol. The minimum atomic E-state index is -4.62. The van der Waals surface area contributed by atoms with Crippen LogP contribution in [0, 0.1) is 0 Å². The van der Waals surface area contributed by atoms with Crippen molar-refractivity contribution in [2.75, 3.05) is 26.4 Å². The van der Waals surface area contributed by atoms with Crippen molar-refractivity contribution in [2.45, 2.75) is 199 Å². The molecule has 0 spiro atoms. The fraction of sp³-hybridized carbons (Fsp3) is 0.778. The van der Waals surface area contributed by atoms with Crippen molar-refractivity contribution < 1.29 is 47.8 Å². The van der Waals surface area contributed by atoms with Crippen LogP contribution in [0.5, 0.6) is 0 Å². The molecule has 0 radical (unpaired) electrons. The number of carbonyl (C=O) groups excluding carboxylic acids is 2. The highest BCUT2D eigenvalue weighted by Crippen LogP contribution is 2.43. The van der Waals surface area contributed by atoms with E-state index in [0.29, 0.717) is 12.8 Å². The summed E-state index contributed by atoms with van der Waals surface area (Å²) in [5, 5.41) is 18.3. The molecule has 0 rings (SSSR count). The van der Waals surface area contributed by atoms with Gasteiger partial charge in [-0.15, -0.1) is 0 Å². The van der Waals surface area contributed by atoms with Gasteiger partial charge in [0.15, 0.2) is 6.10 Å². The molecule has 0 saturated heterocycles. The first kappa shape index (κ1) is 53.9. The SMILES string of the molecule is CCCCC/C=C/C/C=C/C/C=C/C/C=C/CCCCCC(=O)OC[C@@H](COP(=O)(O)OC[C@H](O)CO)OC(=O)CCCCCCCCCCCCCCCC. The van der Waals surface area contributed by atoms with Crippen molar-refractivity contribution in [3.05, 3.63) is 48.6 Å². The van der Waals surface area contributed by atoms with E-state index in [4.69, 9.17) is 19.1 Å². The van der Waals surface area contributed by atoms with Gasteiger partial charge in [0.2, 0.25) is 0 Å². The third-order valence-corrected chi connectivity index (χ3v) is 10.2. The Bertz CT molecular complexity index is 1070. The van der Waals surface area contributed by atoms with E-state index in [1.54, 1.807) is 0 Å². The summed E-state index contributed by atoms with van der Waals surface area (Å²) in [5.41, 5.74) is 0. The van der Waals surface area contributed by atoms with E-state index in [1.165, 1.54) is 89.9 Å². The molecule has 0 aromatic rings. The Morgan fingerprint density at radius 3 is 1.43 bits per heavy atom. The molecule has 0 aliphatic heterocycles. The molecule has 326 valence electrons. The first-order valence-corrected chi connectivity index (χ1v) is 23.6. The first-order chi connectivity index (χ1) is 27.2. The number of aliphatic hydroxyl groups is 2. The van der Waals surface area contributed by atoms with Gasteiger partial charge in [-0.05, 0) is 57.8 Å². The van der Waals surface area contributed by atoms with Crippen molar-refractivity contribution in [1.82, 2.24) is 0 Å². The zero-order valence-corrected chi connectivity index (χ0v) is 36.2. The van der Waals surface area contributed by atoms with Gasteiger partial charge in [0.05, 0.1) is 19.8 Å². The topological polar surface area (TPSA) is 149 Å². The maximum Gasteiger partial charge on any atom is 0.472 e. The van der Waals surface area contributed by atoms with Gasteiger partial charge in [-0.2, -0.15) is 0 Å². The number of ether oxygens (including phenoxy) is 2. The average Bonchev–Trinajstić information content (AvgIpc) is 3.19. The third kappa shape index (κ3) is 40.1. The molecule has 0 aromatic carbocycles. The van der Waals surface area contributed by atoms with E-state index in [9.17, 15) is 24.2 Å². The van der Waals surface area contributed by atoms with E-state index < -0.39 is 51.8 Å². The van der Waals surface area contributed by atoms with Crippen LogP contribution >= 0.6 is 7.82 Å². The number of phosphoric acid groups is 1. The van der Waals surface area contributed by atoms with E-state index in [2.05, 4.69) is 67.0 Å². The maximum atomic E-state index is 12.6. The number of hydrogen-bond donors (Lipinski definition) is 3. The number of aliphatic hydroxyl groups excluding tert-OH is 2. The molecule has 0 bridgehead atoms. The predicted molar refractivity (Wildman–Crippen MR) is 228 cm³/mol. The van der Waals surface area contributed by atoms with E-state index in [0.717, 1.165) is 57.8 Å². The molecule has 11 heteroatoms. The average molecular weight is 813 g/mol. The van der Waals surface area contributed by atoms with Gasteiger partial charge < -0.3 is 24.6 Å². The van der Waals surface area contributed by atoms with Gasteiger partial charge >= 0.3 is 19.8 Å². The predicted octanol–water partition coefficient (Wildman–Crippen LogP) is 11.7. The highest BCUT2D eigenvalue weighted by atomic mass is 31.2. The lowest BCUT2D eigenvalue weighted by Gasteiger charge is -2.20. The lowest BCUT2D eigenvalue weighted by Crippen LogP contribution is -2.29. The van der Waals surface area contributed by atoms with Crippen molar-refractivity contribution >= 4 is 19.8 Å². The van der Waals surface area contributed by atoms with Gasteiger partial charge in [-0.1, -0.05) is 165 Å². The summed E-state index contributed by atoms with van der Waals surface area (Å²) in [4.78, 5) is 35.0. The summed E-state index contributed by atoms with van der Waals surface area (Å²) in [6.07, 6.45) is 43.6. The Balaban J connectivity index is 4.34. The highest BCUT2D eigenvalue weighted by molar-refractivity contribution is 7.47. The summed E-state index contributed by atoms with van der Waals surface area (Å²) >= 11 is 0. The number of esters is 2. The summed E-state index contributed by atoms with van der Waals surface area (Å²) < 4.78 is 32.7. The standard InChI is InChI=1S/C45H81O10P/c1-3-5-7-9-11-13-15-17-19-20-21-22-23-25-26-28-30-32-34-36-44(48)52-40-43(41-54-56(50,51)53-39-42(47)38-46)55-45(49)37-35-33-31-29-27-24-18-16-14-12-10-8-6-4-2/h11,13,17,19,21-22,25-26,42-43,46-47H,3-10,12,14-16,18,20,23-24,27-41H2,1-2H3,(H,50,51)/b13-11+,19-17+,22-21+,26-25+/t42-,43+/m1/s1. The second kappa shape index (κ2) is 41.1. The molecule has 0 aliphatic rings. The Morgan fingerprint density at radius 1 is 0.536 bits per heavy atom. The fourth-order valence-corrected chi connectivity index (χ4v) is 6.59. The van der Waals surface area contributed by atoms with Crippen LogP contribution in [0.1, 0.15) is 187 Å². The lowest BCUT2D eigenvalue weighted by atomic mass is 10.0. The Kier molecular flexibility index (Phi) is 39.6. The van der Waals surface area contributed by atoms with Crippen LogP contribution in [-0.4, -0.2) is 65.7 Å². The molecule has 0 fully saturated rings. The number of allylic oxidation sites excluding steroid dienone is 8. The minimum absolute atomic E-state index is 0.178. The van der Waals surface area contributed by atoms with Gasteiger partial charge in [-0.25, -0.2) is 4.57 Å². The maximum absolute atomic E-state index is 12.6. The normalized spacial score (nSPS) is 14.3. The number of rotatable bonds is 41. The third-order valence-electron chi connectivity index (χ3n) is 9.24. The van der Waals surface area contributed by atoms with Crippen molar-refractivity contribution in [3.63, 3.8) is 0 Å². The van der Waals surface area contributed by atoms with Crippen LogP contribution in [0.2, 0.25) is 0 Å². The molecule has 1 unspecified atom stereocenters. The summed E-state index contributed by atoms with van der Waals surface area (Å²) in [6.45, 7) is 2.32. The van der Waals surface area contributed by atoms with Gasteiger partial charge in [0.25, 0.3) is 0 Å². The van der Waals surface area contributed by atoms with Gasteiger partial charge in [0, 0.05) is 12.8 Å². The van der Waals surface area contributed by atoms with E-state index in [1.807, 2.05) is 0 Å². The van der Waals surface area contributed by atoms with Crippen LogP contribution in [0.25, 0.3) is 0 Å². The quantitative estimate of drug-likeness (QED) is 0.0236. The lowest BCUT2D eigenvalue weighted by molar-refractivity contribution is -0.161. The molecule has 0 saturated carbocycles. The molecule has 56 heavy (non-hydrogen) atoms. The van der Waals surface area contributed by atoms with Crippen LogP contribution < -0.4 is 0 Å². The molecular formula is C45H81O10P. The Labute approximate surface area is 341 Å². The van der Waals surface area contributed by atoms with E-state index >= 15 is 0 Å². The molecule has 3 N–H and O–H groups in total. The molecule has 0 amide bonds. The molecule has 0 aliphatic carbocycles. The van der Waals surface area contributed by atoms with Crippen LogP contribution in [-0.2, 0) is 32.7 Å². The first-order valence-electron chi connectivity index (χ1n) is 22.1. The molecule has 3 atom stereocenters. The highest BCUT2D eigenvalue weighted by Gasteiger charge is 2.27. The van der Waals surface area contributed by atoms with Crippen LogP contribution in [0.15, 0.2) is 48.6 Å². The zero-order chi connectivity index (χ0) is 41.2. The monoisotopic (exact) mass is 813 g/mol. The van der Waals surface area contributed by atoms with Gasteiger partial charge in [-0.3, -0.25) is 18.6 Å². The number of hydrogen-bond acceptors (Lipinski definition) is 9. The second-order valence-corrected chi connectivity index (χ2v) is 16.2. The van der Waals surface area contributed by atoms with Crippen molar-refractivity contribution in [2.24, 2.45) is 0 Å². The largest absolute Gasteiger partial charge is 0.472 e. The number of unbranched alkanes of at least 4 members (excludes halogenated alkanes) is 19. The zero-order valence-electron chi connectivity index (χ0n) is 35.3. The van der Waals surface area contributed by atoms with Crippen molar-refractivity contribution in [3.8, 4) is 0 Å². The molecule has 10 nitrogen and oxygen atoms in total. The summed E-state index contributed by atoms with van der Waals surface area (Å²) in [7, 11) is -4.62.